The lowest BCUT2D eigenvalue weighted by molar-refractivity contribution is 0.0951. The Balaban J connectivity index is 2.04. The average molecular weight is 375 g/mol. The van der Waals surface area contributed by atoms with Crippen molar-refractivity contribution >= 4 is 15.9 Å². The van der Waals surface area contributed by atoms with Gasteiger partial charge in [0.2, 0.25) is 10.0 Å². The monoisotopic (exact) mass is 375 g/mol. The lowest BCUT2D eigenvalue weighted by atomic mass is 10.2. The van der Waals surface area contributed by atoms with Crippen LogP contribution in [0.25, 0.3) is 0 Å². The van der Waals surface area contributed by atoms with Gasteiger partial charge in [-0.25, -0.2) is 13.1 Å². The van der Waals surface area contributed by atoms with Gasteiger partial charge in [0, 0.05) is 25.2 Å². The maximum absolute atomic E-state index is 12.5. The molecular formula is C19H25N3O3S. The molecule has 0 aliphatic heterocycles. The molecule has 0 saturated heterocycles. The highest BCUT2D eigenvalue weighted by atomic mass is 32.2. The zero-order valence-electron chi connectivity index (χ0n) is 15.3. The Labute approximate surface area is 155 Å². The van der Waals surface area contributed by atoms with E-state index >= 15 is 0 Å². The molecule has 0 aliphatic rings. The van der Waals surface area contributed by atoms with E-state index in [-0.39, 0.29) is 17.3 Å². The van der Waals surface area contributed by atoms with Gasteiger partial charge < -0.3 is 10.2 Å². The van der Waals surface area contributed by atoms with Crippen LogP contribution in [0.3, 0.4) is 0 Å². The molecule has 0 aromatic heterocycles. The van der Waals surface area contributed by atoms with E-state index in [9.17, 15) is 13.2 Å². The fourth-order valence-electron chi connectivity index (χ4n) is 2.27. The number of hydrogen-bond acceptors (Lipinski definition) is 4. The fourth-order valence-corrected chi connectivity index (χ4v) is 3.33. The van der Waals surface area contributed by atoms with Gasteiger partial charge in [0.05, 0.1) is 4.90 Å². The van der Waals surface area contributed by atoms with Crippen molar-refractivity contribution in [2.75, 3.05) is 27.2 Å². The van der Waals surface area contributed by atoms with Crippen LogP contribution in [-0.4, -0.2) is 46.4 Å². The summed E-state index contributed by atoms with van der Waals surface area (Å²) in [6, 6.07) is 13.7. The first-order chi connectivity index (χ1) is 12.3. The SMILES string of the molecule is Cc1ccc(CNS(=O)(=O)c2cccc(C(=O)NCCN(C)C)c2)cc1. The van der Waals surface area contributed by atoms with Gasteiger partial charge in [-0.3, -0.25) is 4.79 Å². The third kappa shape index (κ3) is 5.94. The molecule has 0 radical (unpaired) electrons. The molecule has 2 N–H and O–H groups in total. The fraction of sp³-hybridized carbons (Fsp3) is 0.316. The summed E-state index contributed by atoms with van der Waals surface area (Å²) in [6.45, 7) is 3.38. The molecule has 0 fully saturated rings. The summed E-state index contributed by atoms with van der Waals surface area (Å²) in [5.41, 5.74) is 2.31. The number of carbonyl (C=O) groups excluding carboxylic acids is 1. The second-order valence-electron chi connectivity index (χ2n) is 6.40. The van der Waals surface area contributed by atoms with Gasteiger partial charge in [0.1, 0.15) is 0 Å². The zero-order chi connectivity index (χ0) is 19.2. The maximum Gasteiger partial charge on any atom is 0.251 e. The molecule has 0 heterocycles. The van der Waals surface area contributed by atoms with E-state index in [1.54, 1.807) is 12.1 Å². The Morgan fingerprint density at radius 3 is 2.42 bits per heavy atom. The van der Waals surface area contributed by atoms with Crippen LogP contribution >= 0.6 is 0 Å². The lowest BCUT2D eigenvalue weighted by Gasteiger charge is -2.11. The summed E-state index contributed by atoms with van der Waals surface area (Å²) in [7, 11) is 0.135. The van der Waals surface area contributed by atoms with Gasteiger partial charge in [-0.1, -0.05) is 35.9 Å². The molecule has 2 aromatic carbocycles. The summed E-state index contributed by atoms with van der Waals surface area (Å²) >= 11 is 0. The normalized spacial score (nSPS) is 11.5. The van der Waals surface area contributed by atoms with Crippen LogP contribution in [-0.2, 0) is 16.6 Å². The number of likely N-dealkylation sites (N-methyl/N-ethyl adjacent to an activating group) is 1. The van der Waals surface area contributed by atoms with E-state index in [1.165, 1.54) is 12.1 Å². The van der Waals surface area contributed by atoms with Crippen molar-refractivity contribution in [3.8, 4) is 0 Å². The first-order valence-electron chi connectivity index (χ1n) is 8.36. The van der Waals surface area contributed by atoms with Gasteiger partial charge in [-0.15, -0.1) is 0 Å². The molecule has 6 nitrogen and oxygen atoms in total. The van der Waals surface area contributed by atoms with Crippen molar-refractivity contribution in [2.45, 2.75) is 18.4 Å². The van der Waals surface area contributed by atoms with Crippen molar-refractivity contribution in [1.82, 2.24) is 14.9 Å². The number of benzene rings is 2. The van der Waals surface area contributed by atoms with Crippen molar-refractivity contribution in [3.63, 3.8) is 0 Å². The zero-order valence-corrected chi connectivity index (χ0v) is 16.1. The summed E-state index contributed by atoms with van der Waals surface area (Å²) < 4.78 is 27.6. The highest BCUT2D eigenvalue weighted by molar-refractivity contribution is 7.89. The Bertz CT molecular complexity index is 847. The van der Waals surface area contributed by atoms with E-state index in [0.29, 0.717) is 18.7 Å². The average Bonchev–Trinajstić information content (AvgIpc) is 2.61. The first-order valence-corrected chi connectivity index (χ1v) is 9.84. The van der Waals surface area contributed by atoms with Crippen molar-refractivity contribution in [3.05, 3.63) is 65.2 Å². The molecule has 140 valence electrons. The predicted octanol–water partition coefficient (Wildman–Crippen LogP) is 1.76. The number of sulfonamides is 1. The molecule has 0 aliphatic carbocycles. The van der Waals surface area contributed by atoms with Gasteiger partial charge >= 0.3 is 0 Å². The number of nitrogens with zero attached hydrogens (tertiary/aromatic N) is 1. The van der Waals surface area contributed by atoms with Crippen molar-refractivity contribution in [2.24, 2.45) is 0 Å². The number of hydrogen-bond donors (Lipinski definition) is 2. The Kier molecular flexibility index (Phi) is 6.90. The van der Waals surface area contributed by atoms with Crippen molar-refractivity contribution in [1.29, 1.82) is 0 Å². The number of amides is 1. The number of aryl methyl sites for hydroxylation is 1. The van der Waals surface area contributed by atoms with E-state index in [4.69, 9.17) is 0 Å². The summed E-state index contributed by atoms with van der Waals surface area (Å²) in [5, 5.41) is 2.78. The summed E-state index contributed by atoms with van der Waals surface area (Å²) in [5.74, 6) is -0.289. The predicted molar refractivity (Wildman–Crippen MR) is 103 cm³/mol. The standard InChI is InChI=1S/C19H25N3O3S/c1-15-7-9-16(10-8-15)14-21-26(24,25)18-6-4-5-17(13-18)19(23)20-11-12-22(2)3/h4-10,13,21H,11-12,14H2,1-3H3,(H,20,23). The van der Waals surface area contributed by atoms with E-state index in [0.717, 1.165) is 11.1 Å². The highest BCUT2D eigenvalue weighted by Gasteiger charge is 2.16. The number of rotatable bonds is 8. The Hall–Kier alpha value is -2.22. The van der Waals surface area contributed by atoms with Crippen molar-refractivity contribution < 1.29 is 13.2 Å². The van der Waals surface area contributed by atoms with Gasteiger partial charge in [-0.05, 0) is 44.8 Å². The Morgan fingerprint density at radius 1 is 1.08 bits per heavy atom. The van der Waals surface area contributed by atoms with Crippen LogP contribution in [0, 0.1) is 6.92 Å². The molecule has 2 aromatic rings. The second-order valence-corrected chi connectivity index (χ2v) is 8.16. The molecule has 7 heteroatoms. The van der Waals surface area contributed by atoms with Crippen LogP contribution < -0.4 is 10.0 Å². The third-order valence-electron chi connectivity index (χ3n) is 3.84. The topological polar surface area (TPSA) is 78.5 Å². The second kappa shape index (κ2) is 8.93. The minimum absolute atomic E-state index is 0.0740. The molecular weight excluding hydrogens is 350 g/mol. The summed E-state index contributed by atoms with van der Waals surface area (Å²) in [4.78, 5) is 14.2. The number of nitrogens with one attached hydrogen (secondary N) is 2. The van der Waals surface area contributed by atoms with Gasteiger partial charge in [0.25, 0.3) is 5.91 Å². The van der Waals surface area contributed by atoms with E-state index in [1.807, 2.05) is 50.2 Å². The van der Waals surface area contributed by atoms with E-state index in [2.05, 4.69) is 10.0 Å². The molecule has 0 atom stereocenters. The molecule has 0 bridgehead atoms. The quantitative estimate of drug-likeness (QED) is 0.737. The van der Waals surface area contributed by atoms with Crippen LogP contribution in [0.4, 0.5) is 0 Å². The lowest BCUT2D eigenvalue weighted by Crippen LogP contribution is -2.31. The van der Waals surface area contributed by atoms with Gasteiger partial charge in [0.15, 0.2) is 0 Å². The molecule has 0 spiro atoms. The molecule has 26 heavy (non-hydrogen) atoms. The minimum atomic E-state index is -3.70. The summed E-state index contributed by atoms with van der Waals surface area (Å²) in [6.07, 6.45) is 0. The number of carbonyl (C=O) groups is 1. The van der Waals surface area contributed by atoms with Crippen LogP contribution in [0.5, 0.6) is 0 Å². The maximum atomic E-state index is 12.5. The minimum Gasteiger partial charge on any atom is -0.351 e. The van der Waals surface area contributed by atoms with Crippen LogP contribution in [0.1, 0.15) is 21.5 Å². The van der Waals surface area contributed by atoms with Crippen LogP contribution in [0.15, 0.2) is 53.4 Å². The van der Waals surface area contributed by atoms with Crippen LogP contribution in [0.2, 0.25) is 0 Å². The molecule has 0 saturated carbocycles. The highest BCUT2D eigenvalue weighted by Crippen LogP contribution is 2.13. The van der Waals surface area contributed by atoms with Gasteiger partial charge in [-0.2, -0.15) is 0 Å². The molecule has 2 rings (SSSR count). The third-order valence-corrected chi connectivity index (χ3v) is 5.24. The largest absolute Gasteiger partial charge is 0.351 e. The first kappa shape index (κ1) is 20.1. The molecule has 1 amide bonds. The molecule has 0 unspecified atom stereocenters. The van der Waals surface area contributed by atoms with E-state index < -0.39 is 10.0 Å². The smallest absolute Gasteiger partial charge is 0.251 e. The Morgan fingerprint density at radius 2 is 1.77 bits per heavy atom.